The molecule has 8 heteroatoms. The van der Waals surface area contributed by atoms with Crippen LogP contribution in [0.4, 0.5) is 0 Å². The molecule has 28 heavy (non-hydrogen) atoms. The molecule has 6 nitrogen and oxygen atoms in total. The number of carbonyl (C=O) groups is 2. The minimum atomic E-state index is -0.506. The van der Waals surface area contributed by atoms with Gasteiger partial charge in [0.05, 0.1) is 16.6 Å². The zero-order chi connectivity index (χ0) is 19.5. The molecule has 2 aromatic heterocycles. The van der Waals surface area contributed by atoms with Crippen molar-refractivity contribution in [3.8, 4) is 5.75 Å². The van der Waals surface area contributed by atoms with Gasteiger partial charge in [-0.25, -0.2) is 5.01 Å². The van der Waals surface area contributed by atoms with Crippen molar-refractivity contribution in [2.45, 2.75) is 12.5 Å². The van der Waals surface area contributed by atoms with E-state index in [4.69, 9.17) is 10.5 Å². The van der Waals surface area contributed by atoms with Crippen molar-refractivity contribution >= 4 is 40.2 Å². The minimum absolute atomic E-state index is 0.120. The van der Waals surface area contributed by atoms with E-state index in [1.807, 2.05) is 35.0 Å². The molecule has 3 aromatic rings. The Morgan fingerprint density at radius 3 is 2.50 bits per heavy atom. The average molecular weight is 412 g/mol. The van der Waals surface area contributed by atoms with Gasteiger partial charge in [-0.1, -0.05) is 12.1 Å². The summed E-state index contributed by atoms with van der Waals surface area (Å²) in [4.78, 5) is 26.1. The standard InChI is InChI=1S/C20H17N3O3S2/c21-20(25)13-5-7-14(8-6-13)26-12-19(24)23-16(18-4-2-10-28-18)11-15(22-23)17-3-1-9-27-17/h1-10,16H,11-12H2,(H2,21,25). The maximum Gasteiger partial charge on any atom is 0.281 e. The van der Waals surface area contributed by atoms with Crippen LogP contribution in [0.15, 0.2) is 64.4 Å². The van der Waals surface area contributed by atoms with Gasteiger partial charge in [-0.3, -0.25) is 9.59 Å². The molecular formula is C20H17N3O3S2. The lowest BCUT2D eigenvalue weighted by atomic mass is 10.1. The summed E-state index contributed by atoms with van der Waals surface area (Å²) in [6.45, 7) is -0.140. The maximum absolute atomic E-state index is 12.8. The fraction of sp³-hybridized carbons (Fsp3) is 0.150. The van der Waals surface area contributed by atoms with Crippen molar-refractivity contribution in [2.24, 2.45) is 10.8 Å². The zero-order valence-electron chi connectivity index (χ0n) is 14.8. The third-order valence-corrected chi connectivity index (χ3v) is 6.24. The lowest BCUT2D eigenvalue weighted by Crippen LogP contribution is -2.31. The summed E-state index contributed by atoms with van der Waals surface area (Å²) >= 11 is 3.22. The Morgan fingerprint density at radius 2 is 1.86 bits per heavy atom. The van der Waals surface area contributed by atoms with Crippen molar-refractivity contribution < 1.29 is 14.3 Å². The van der Waals surface area contributed by atoms with Crippen molar-refractivity contribution in [3.63, 3.8) is 0 Å². The van der Waals surface area contributed by atoms with Crippen LogP contribution >= 0.6 is 22.7 Å². The summed E-state index contributed by atoms with van der Waals surface area (Å²) in [5.41, 5.74) is 6.53. The number of amides is 2. The van der Waals surface area contributed by atoms with Crippen molar-refractivity contribution in [1.82, 2.24) is 5.01 Å². The van der Waals surface area contributed by atoms with Crippen LogP contribution in [0.1, 0.15) is 32.6 Å². The predicted octanol–water partition coefficient (Wildman–Crippen LogP) is 3.67. The Labute approximate surface area is 169 Å². The number of nitrogens with zero attached hydrogens (tertiary/aromatic N) is 2. The number of thiophene rings is 2. The van der Waals surface area contributed by atoms with E-state index >= 15 is 0 Å². The number of nitrogens with two attached hydrogens (primary N) is 1. The van der Waals surface area contributed by atoms with E-state index in [1.54, 1.807) is 46.9 Å². The molecule has 4 rings (SSSR count). The second kappa shape index (κ2) is 7.95. The molecule has 0 saturated carbocycles. The van der Waals surface area contributed by atoms with Crippen LogP contribution in [-0.4, -0.2) is 29.1 Å². The van der Waals surface area contributed by atoms with Gasteiger partial charge < -0.3 is 10.5 Å². The summed E-state index contributed by atoms with van der Waals surface area (Å²) in [7, 11) is 0. The maximum atomic E-state index is 12.8. The highest BCUT2D eigenvalue weighted by Gasteiger charge is 2.34. The Bertz CT molecular complexity index is 996. The Kier molecular flexibility index (Phi) is 5.23. The topological polar surface area (TPSA) is 85.0 Å². The summed E-state index contributed by atoms with van der Waals surface area (Å²) in [6, 6.07) is 14.2. The normalized spacial score (nSPS) is 16.1. The number of ether oxygens (including phenoxy) is 1. The van der Waals surface area contributed by atoms with E-state index in [0.717, 1.165) is 15.5 Å². The Balaban J connectivity index is 1.49. The van der Waals surface area contributed by atoms with E-state index < -0.39 is 5.91 Å². The number of hydrogen-bond acceptors (Lipinski definition) is 6. The molecule has 0 fully saturated rings. The molecular weight excluding hydrogens is 394 g/mol. The second-order valence-electron chi connectivity index (χ2n) is 6.17. The molecule has 1 unspecified atom stereocenters. The number of hydrazone groups is 1. The Morgan fingerprint density at radius 1 is 1.11 bits per heavy atom. The highest BCUT2D eigenvalue weighted by Crippen LogP contribution is 2.35. The minimum Gasteiger partial charge on any atom is -0.484 e. The van der Waals surface area contributed by atoms with Gasteiger partial charge in [-0.2, -0.15) is 5.10 Å². The SMILES string of the molecule is NC(=O)c1ccc(OCC(=O)N2N=C(c3cccs3)CC2c2cccs2)cc1. The van der Waals surface area contributed by atoms with Gasteiger partial charge in [0.25, 0.3) is 5.91 Å². The van der Waals surface area contributed by atoms with Gasteiger partial charge in [0.1, 0.15) is 5.75 Å². The van der Waals surface area contributed by atoms with Crippen LogP contribution in [0.2, 0.25) is 0 Å². The number of hydrogen-bond donors (Lipinski definition) is 1. The fourth-order valence-corrected chi connectivity index (χ4v) is 4.49. The van der Waals surface area contributed by atoms with Gasteiger partial charge in [0.2, 0.25) is 5.91 Å². The van der Waals surface area contributed by atoms with E-state index in [1.165, 1.54) is 5.01 Å². The van der Waals surface area contributed by atoms with Crippen LogP contribution in [0.25, 0.3) is 0 Å². The molecule has 2 N–H and O–H groups in total. The van der Waals surface area contributed by atoms with E-state index in [0.29, 0.717) is 17.7 Å². The van der Waals surface area contributed by atoms with E-state index in [9.17, 15) is 9.59 Å². The van der Waals surface area contributed by atoms with Gasteiger partial charge in [0.15, 0.2) is 6.61 Å². The smallest absolute Gasteiger partial charge is 0.281 e. The molecule has 1 aliphatic rings. The summed E-state index contributed by atoms with van der Waals surface area (Å²) < 4.78 is 5.60. The van der Waals surface area contributed by atoms with Crippen LogP contribution in [0, 0.1) is 0 Å². The van der Waals surface area contributed by atoms with Gasteiger partial charge in [-0.05, 0) is 47.2 Å². The largest absolute Gasteiger partial charge is 0.484 e. The molecule has 2 amide bonds. The molecule has 1 aliphatic heterocycles. The number of primary amides is 1. The highest BCUT2D eigenvalue weighted by atomic mass is 32.1. The molecule has 0 saturated heterocycles. The first-order valence-electron chi connectivity index (χ1n) is 8.61. The van der Waals surface area contributed by atoms with Crippen LogP contribution in [0.5, 0.6) is 5.75 Å². The average Bonchev–Trinajstić information content (AvgIpc) is 3.46. The first-order valence-corrected chi connectivity index (χ1v) is 10.4. The molecule has 1 atom stereocenters. The third-order valence-electron chi connectivity index (χ3n) is 4.34. The number of carbonyl (C=O) groups excluding carboxylic acids is 2. The van der Waals surface area contributed by atoms with Crippen molar-refractivity contribution in [1.29, 1.82) is 0 Å². The van der Waals surface area contributed by atoms with Crippen LogP contribution in [0.3, 0.4) is 0 Å². The summed E-state index contributed by atoms with van der Waals surface area (Å²) in [5.74, 6) is -0.231. The second-order valence-corrected chi connectivity index (χ2v) is 8.10. The first kappa shape index (κ1) is 18.4. The van der Waals surface area contributed by atoms with Crippen molar-refractivity contribution in [3.05, 3.63) is 74.6 Å². The summed E-state index contributed by atoms with van der Waals surface area (Å²) in [6.07, 6.45) is 0.681. The molecule has 0 aliphatic carbocycles. The van der Waals surface area contributed by atoms with Gasteiger partial charge in [0, 0.05) is 16.9 Å². The fourth-order valence-electron chi connectivity index (χ4n) is 2.96. The monoisotopic (exact) mass is 411 g/mol. The highest BCUT2D eigenvalue weighted by molar-refractivity contribution is 7.12. The Hall–Kier alpha value is -2.97. The zero-order valence-corrected chi connectivity index (χ0v) is 16.4. The predicted molar refractivity (Wildman–Crippen MR) is 110 cm³/mol. The molecule has 0 spiro atoms. The third kappa shape index (κ3) is 3.83. The molecule has 0 bridgehead atoms. The first-order chi connectivity index (χ1) is 13.6. The van der Waals surface area contributed by atoms with Crippen LogP contribution in [-0.2, 0) is 4.79 Å². The van der Waals surface area contributed by atoms with Gasteiger partial charge >= 0.3 is 0 Å². The number of rotatable bonds is 6. The summed E-state index contributed by atoms with van der Waals surface area (Å²) in [5, 5.41) is 10.1. The van der Waals surface area contributed by atoms with E-state index in [-0.39, 0.29) is 18.6 Å². The van der Waals surface area contributed by atoms with Gasteiger partial charge in [-0.15, -0.1) is 22.7 Å². The van der Waals surface area contributed by atoms with Crippen LogP contribution < -0.4 is 10.5 Å². The quantitative estimate of drug-likeness (QED) is 0.672. The molecule has 1 aromatic carbocycles. The molecule has 3 heterocycles. The number of benzene rings is 1. The van der Waals surface area contributed by atoms with E-state index in [2.05, 4.69) is 5.10 Å². The lowest BCUT2D eigenvalue weighted by molar-refractivity contribution is -0.135. The van der Waals surface area contributed by atoms with Crippen molar-refractivity contribution in [2.75, 3.05) is 6.61 Å². The lowest BCUT2D eigenvalue weighted by Gasteiger charge is -2.20. The molecule has 0 radical (unpaired) electrons. The molecule has 142 valence electrons.